The van der Waals surface area contributed by atoms with Crippen LogP contribution in [0.4, 0.5) is 0 Å². The summed E-state index contributed by atoms with van der Waals surface area (Å²) in [6, 6.07) is 15.9. The van der Waals surface area contributed by atoms with Crippen LogP contribution in [0, 0.1) is 0 Å². The minimum atomic E-state index is 0.104. The van der Waals surface area contributed by atoms with Crippen molar-refractivity contribution < 1.29 is 9.53 Å². The first-order valence-corrected chi connectivity index (χ1v) is 7.90. The lowest BCUT2D eigenvalue weighted by Crippen LogP contribution is -2.15. The molecule has 0 radical (unpaired) electrons. The molecule has 1 aliphatic carbocycles. The second-order valence-electron chi connectivity index (χ2n) is 5.47. The molecule has 0 unspecified atom stereocenters. The second kappa shape index (κ2) is 4.96. The second-order valence-corrected chi connectivity index (χ2v) is 6.32. The van der Waals surface area contributed by atoms with E-state index in [-0.39, 0.29) is 5.78 Å². The zero-order valence-electron chi connectivity index (χ0n) is 12.0. The number of methoxy groups -OCH3 is 1. The number of fused-ring (bicyclic) bond motifs is 4. The molecule has 0 bridgehead atoms. The molecule has 2 nitrogen and oxygen atoms in total. The van der Waals surface area contributed by atoms with Gasteiger partial charge in [-0.1, -0.05) is 36.4 Å². The zero-order chi connectivity index (χ0) is 15.3. The molecule has 4 rings (SSSR count). The lowest BCUT2D eigenvalue weighted by molar-refractivity contribution is 0.103. The summed E-state index contributed by atoms with van der Waals surface area (Å²) >= 11 is 3.50. The van der Waals surface area contributed by atoms with E-state index < -0.39 is 0 Å². The molecule has 0 aliphatic heterocycles. The van der Waals surface area contributed by atoms with Gasteiger partial charge in [-0.05, 0) is 56.4 Å². The highest BCUT2D eigenvalue weighted by Crippen LogP contribution is 2.37. The molecule has 108 valence electrons. The average Bonchev–Trinajstić information content (AvgIpc) is 2.54. The molecular formula is C19H13BrO2. The number of carbonyl (C=O) groups is 1. The van der Waals surface area contributed by atoms with Crippen molar-refractivity contribution >= 4 is 32.5 Å². The van der Waals surface area contributed by atoms with Gasteiger partial charge >= 0.3 is 0 Å². The first-order valence-electron chi connectivity index (χ1n) is 7.11. The number of carbonyl (C=O) groups excluding carboxylic acids is 1. The van der Waals surface area contributed by atoms with Crippen molar-refractivity contribution in [1.82, 2.24) is 0 Å². The number of ketones is 1. The minimum Gasteiger partial charge on any atom is -0.496 e. The monoisotopic (exact) mass is 352 g/mol. The zero-order valence-corrected chi connectivity index (χ0v) is 13.6. The molecule has 22 heavy (non-hydrogen) atoms. The number of hydrogen-bond donors (Lipinski definition) is 0. The highest BCUT2D eigenvalue weighted by Gasteiger charge is 2.25. The van der Waals surface area contributed by atoms with E-state index in [1.54, 1.807) is 7.11 Å². The summed E-state index contributed by atoms with van der Waals surface area (Å²) in [6.45, 7) is 0. The lowest BCUT2D eigenvalue weighted by atomic mass is 9.82. The van der Waals surface area contributed by atoms with Crippen molar-refractivity contribution in [2.45, 2.75) is 6.42 Å². The number of rotatable bonds is 1. The quantitative estimate of drug-likeness (QED) is 0.494. The van der Waals surface area contributed by atoms with Crippen molar-refractivity contribution in [3.63, 3.8) is 0 Å². The average molecular weight is 353 g/mol. The van der Waals surface area contributed by atoms with Gasteiger partial charge in [0.2, 0.25) is 0 Å². The largest absolute Gasteiger partial charge is 0.496 e. The maximum Gasteiger partial charge on any atom is 0.194 e. The van der Waals surface area contributed by atoms with Crippen LogP contribution < -0.4 is 4.74 Å². The van der Waals surface area contributed by atoms with E-state index in [2.05, 4.69) is 28.1 Å². The Morgan fingerprint density at radius 3 is 2.68 bits per heavy atom. The molecule has 1 aliphatic rings. The molecule has 3 aromatic rings. The van der Waals surface area contributed by atoms with Gasteiger partial charge in [-0.3, -0.25) is 4.79 Å². The third kappa shape index (κ3) is 1.89. The standard InChI is InChI=1S/C19H13BrO2/c1-22-17-10-15-12(9-16(17)20)6-7-13-8-11-4-2-3-5-14(11)19(21)18(13)15/h2-7,9-10H,8H2,1H3. The van der Waals surface area contributed by atoms with Crippen molar-refractivity contribution in [2.24, 2.45) is 0 Å². The first kappa shape index (κ1) is 13.5. The minimum absolute atomic E-state index is 0.104. The Kier molecular flexibility index (Phi) is 3.05. The first-order chi connectivity index (χ1) is 10.7. The smallest absolute Gasteiger partial charge is 0.194 e. The summed E-state index contributed by atoms with van der Waals surface area (Å²) in [6.07, 6.45) is 0.797. The molecule has 0 atom stereocenters. The van der Waals surface area contributed by atoms with Crippen LogP contribution >= 0.6 is 15.9 Å². The van der Waals surface area contributed by atoms with E-state index in [0.29, 0.717) is 0 Å². The molecule has 0 saturated carbocycles. The number of hydrogen-bond acceptors (Lipinski definition) is 2. The van der Waals surface area contributed by atoms with Crippen molar-refractivity contribution in [3.05, 3.63) is 75.3 Å². The van der Waals surface area contributed by atoms with Crippen LogP contribution in [0.2, 0.25) is 0 Å². The SMILES string of the molecule is COc1cc2c3c(ccc2cc1Br)Cc1ccccc1C3=O. The fourth-order valence-electron chi connectivity index (χ4n) is 3.18. The highest BCUT2D eigenvalue weighted by molar-refractivity contribution is 9.10. The van der Waals surface area contributed by atoms with Gasteiger partial charge < -0.3 is 4.74 Å². The molecule has 0 saturated heterocycles. The fraction of sp³-hybridized carbons (Fsp3) is 0.105. The fourth-order valence-corrected chi connectivity index (χ4v) is 3.70. The van der Waals surface area contributed by atoms with E-state index >= 15 is 0 Å². The van der Waals surface area contributed by atoms with Crippen LogP contribution in [-0.2, 0) is 6.42 Å². The lowest BCUT2D eigenvalue weighted by Gasteiger charge is -2.20. The summed E-state index contributed by atoms with van der Waals surface area (Å²) in [4.78, 5) is 13.0. The van der Waals surface area contributed by atoms with Crippen LogP contribution in [-0.4, -0.2) is 12.9 Å². The van der Waals surface area contributed by atoms with Gasteiger partial charge in [0.15, 0.2) is 5.78 Å². The van der Waals surface area contributed by atoms with Gasteiger partial charge in [-0.25, -0.2) is 0 Å². The topological polar surface area (TPSA) is 26.3 Å². The molecule has 0 aromatic heterocycles. The van der Waals surface area contributed by atoms with Crippen LogP contribution in [0.1, 0.15) is 27.0 Å². The van der Waals surface area contributed by atoms with Crippen molar-refractivity contribution in [1.29, 1.82) is 0 Å². The molecule has 0 spiro atoms. The Hall–Kier alpha value is -2.13. The summed E-state index contributed by atoms with van der Waals surface area (Å²) in [7, 11) is 1.64. The maximum absolute atomic E-state index is 13.0. The van der Waals surface area contributed by atoms with E-state index in [1.807, 2.05) is 36.4 Å². The summed E-state index contributed by atoms with van der Waals surface area (Å²) in [5.41, 5.74) is 3.80. The van der Waals surface area contributed by atoms with Crippen molar-refractivity contribution in [2.75, 3.05) is 7.11 Å². The van der Waals surface area contributed by atoms with Gasteiger partial charge in [-0.15, -0.1) is 0 Å². The van der Waals surface area contributed by atoms with Crippen LogP contribution in [0.15, 0.2) is 53.0 Å². The van der Waals surface area contributed by atoms with E-state index in [9.17, 15) is 4.79 Å². The van der Waals surface area contributed by atoms with Crippen LogP contribution in [0.25, 0.3) is 10.8 Å². The third-order valence-corrected chi connectivity index (χ3v) is 4.87. The Balaban J connectivity index is 2.04. The van der Waals surface area contributed by atoms with Gasteiger partial charge in [-0.2, -0.15) is 0 Å². The van der Waals surface area contributed by atoms with Crippen LogP contribution in [0.5, 0.6) is 5.75 Å². The number of benzene rings is 3. The molecule has 0 amide bonds. The Labute approximate surface area is 136 Å². The molecule has 3 heteroatoms. The predicted molar refractivity (Wildman–Crippen MR) is 90.9 cm³/mol. The van der Waals surface area contributed by atoms with E-state index in [4.69, 9.17) is 4.74 Å². The third-order valence-electron chi connectivity index (χ3n) is 4.25. The van der Waals surface area contributed by atoms with E-state index in [0.717, 1.165) is 49.7 Å². The predicted octanol–water partition coefficient (Wildman–Crippen LogP) is 4.75. The Morgan fingerprint density at radius 2 is 1.86 bits per heavy atom. The Bertz CT molecular complexity index is 928. The molecule has 0 N–H and O–H groups in total. The molecule has 0 fully saturated rings. The van der Waals surface area contributed by atoms with Gasteiger partial charge in [0, 0.05) is 11.1 Å². The van der Waals surface area contributed by atoms with Crippen LogP contribution in [0.3, 0.4) is 0 Å². The maximum atomic E-state index is 13.0. The number of ether oxygens (including phenoxy) is 1. The van der Waals surface area contributed by atoms with Gasteiger partial charge in [0.05, 0.1) is 11.6 Å². The van der Waals surface area contributed by atoms with Crippen molar-refractivity contribution in [3.8, 4) is 5.75 Å². The Morgan fingerprint density at radius 1 is 1.05 bits per heavy atom. The van der Waals surface area contributed by atoms with Gasteiger partial charge in [0.25, 0.3) is 0 Å². The normalized spacial score (nSPS) is 12.9. The summed E-state index contributed by atoms with van der Waals surface area (Å²) in [5, 5.41) is 2.00. The molecular weight excluding hydrogens is 340 g/mol. The summed E-state index contributed by atoms with van der Waals surface area (Å²) in [5.74, 6) is 0.847. The molecule has 0 heterocycles. The highest BCUT2D eigenvalue weighted by atomic mass is 79.9. The number of halogens is 1. The summed E-state index contributed by atoms with van der Waals surface area (Å²) < 4.78 is 6.29. The van der Waals surface area contributed by atoms with Gasteiger partial charge in [0.1, 0.15) is 5.75 Å². The molecule has 3 aromatic carbocycles. The van der Waals surface area contributed by atoms with E-state index in [1.165, 1.54) is 0 Å².